The third-order valence-electron chi connectivity index (χ3n) is 3.52. The quantitative estimate of drug-likeness (QED) is 0.506. The molecule has 0 saturated heterocycles. The third kappa shape index (κ3) is 8.11. The van der Waals surface area contributed by atoms with Gasteiger partial charge < -0.3 is 20.1 Å². The molecule has 2 N–H and O–H groups in total. The van der Waals surface area contributed by atoms with Crippen LogP contribution in [0.15, 0.2) is 23.2 Å². The first-order valence-corrected chi connectivity index (χ1v) is 10.3. The summed E-state index contributed by atoms with van der Waals surface area (Å²) in [5.74, 6) is 2.17. The fourth-order valence-corrected chi connectivity index (χ4v) is 2.96. The number of guanidine groups is 1. The van der Waals surface area contributed by atoms with Crippen molar-refractivity contribution in [2.75, 3.05) is 32.8 Å². The Balaban J connectivity index is 2.59. The summed E-state index contributed by atoms with van der Waals surface area (Å²) in [6, 6.07) is 5.75. The van der Waals surface area contributed by atoms with Gasteiger partial charge in [-0.15, -0.1) is 0 Å². The molecular formula is C17H29N3O4S. The summed E-state index contributed by atoms with van der Waals surface area (Å²) < 4.78 is 33.3. The van der Waals surface area contributed by atoms with Crippen LogP contribution in [0.25, 0.3) is 0 Å². The molecule has 1 atom stereocenters. The Morgan fingerprint density at radius 3 is 2.60 bits per heavy atom. The normalized spacial score (nSPS) is 13.2. The molecule has 1 unspecified atom stereocenters. The Kier molecular flexibility index (Phi) is 8.54. The van der Waals surface area contributed by atoms with Gasteiger partial charge in [0.1, 0.15) is 9.84 Å². The van der Waals surface area contributed by atoms with E-state index in [1.54, 1.807) is 14.2 Å². The second-order valence-electron chi connectivity index (χ2n) is 5.81. The predicted octanol–water partition coefficient (Wildman–Crippen LogP) is 1.58. The van der Waals surface area contributed by atoms with Gasteiger partial charge in [-0.25, -0.2) is 8.42 Å². The van der Waals surface area contributed by atoms with Crippen molar-refractivity contribution in [1.82, 2.24) is 10.6 Å². The molecule has 0 aliphatic rings. The van der Waals surface area contributed by atoms with Gasteiger partial charge in [-0.2, -0.15) is 0 Å². The van der Waals surface area contributed by atoms with Gasteiger partial charge in [0.2, 0.25) is 0 Å². The molecule has 0 fully saturated rings. The number of sulfone groups is 1. The van der Waals surface area contributed by atoms with Crippen molar-refractivity contribution in [2.24, 2.45) is 4.99 Å². The Morgan fingerprint density at radius 2 is 2.04 bits per heavy atom. The minimum Gasteiger partial charge on any atom is -0.493 e. The number of hydrogen-bond donors (Lipinski definition) is 2. The van der Waals surface area contributed by atoms with Gasteiger partial charge in [-0.1, -0.05) is 6.07 Å². The number of benzene rings is 1. The van der Waals surface area contributed by atoms with Gasteiger partial charge in [-0.05, 0) is 38.0 Å². The maximum Gasteiger partial charge on any atom is 0.191 e. The lowest BCUT2D eigenvalue weighted by Crippen LogP contribution is -2.42. The molecule has 0 amide bonds. The second-order valence-corrected chi connectivity index (χ2v) is 8.07. The summed E-state index contributed by atoms with van der Waals surface area (Å²) in [6.07, 6.45) is 1.77. The van der Waals surface area contributed by atoms with Crippen LogP contribution in [0.3, 0.4) is 0 Å². The molecule has 0 aliphatic carbocycles. The molecule has 1 aromatic rings. The Bertz CT molecular complexity index is 674. The molecule has 0 aromatic heterocycles. The van der Waals surface area contributed by atoms with Crippen LogP contribution in [-0.2, 0) is 16.4 Å². The zero-order valence-corrected chi connectivity index (χ0v) is 16.4. The molecule has 0 aliphatic heterocycles. The number of hydrogen-bond acceptors (Lipinski definition) is 5. The number of nitrogens with one attached hydrogen (secondary N) is 2. The van der Waals surface area contributed by atoms with E-state index in [9.17, 15) is 8.42 Å². The molecule has 0 heterocycles. The lowest BCUT2D eigenvalue weighted by atomic mass is 10.2. The molecule has 7 nitrogen and oxygen atoms in total. The summed E-state index contributed by atoms with van der Waals surface area (Å²) >= 11 is 0. The first-order chi connectivity index (χ1) is 11.8. The molecule has 0 radical (unpaired) electrons. The van der Waals surface area contributed by atoms with Gasteiger partial charge in [0.15, 0.2) is 17.5 Å². The molecule has 0 spiro atoms. The van der Waals surface area contributed by atoms with E-state index in [2.05, 4.69) is 15.6 Å². The second kappa shape index (κ2) is 10.1. The summed E-state index contributed by atoms with van der Waals surface area (Å²) in [5, 5.41) is 6.40. The van der Waals surface area contributed by atoms with Gasteiger partial charge in [-0.3, -0.25) is 4.99 Å². The molecule has 8 heteroatoms. The number of rotatable bonds is 9. The van der Waals surface area contributed by atoms with Crippen molar-refractivity contribution in [3.8, 4) is 11.5 Å². The van der Waals surface area contributed by atoms with Gasteiger partial charge in [0.25, 0.3) is 0 Å². The smallest absolute Gasteiger partial charge is 0.191 e. The van der Waals surface area contributed by atoms with E-state index in [0.29, 0.717) is 37.0 Å². The highest BCUT2D eigenvalue weighted by atomic mass is 32.2. The Hall–Kier alpha value is -1.96. The van der Waals surface area contributed by atoms with Crippen LogP contribution in [0.2, 0.25) is 0 Å². The van der Waals surface area contributed by atoms with Gasteiger partial charge in [0, 0.05) is 25.9 Å². The molecule has 1 rings (SSSR count). The van der Waals surface area contributed by atoms with E-state index in [0.717, 1.165) is 5.56 Å². The van der Waals surface area contributed by atoms with Crippen molar-refractivity contribution in [2.45, 2.75) is 32.9 Å². The standard InChI is InChI=1S/C17H29N3O4S/c1-6-24-15-8-7-14(11-16(15)23-4)12-19-17(18-3)20-13(2)9-10-25(5,21)22/h7-8,11,13H,6,9-10,12H2,1-5H3,(H2,18,19,20). The Labute approximate surface area is 150 Å². The number of ether oxygens (including phenoxy) is 2. The van der Waals surface area contributed by atoms with E-state index in [-0.39, 0.29) is 11.8 Å². The summed E-state index contributed by atoms with van der Waals surface area (Å²) in [7, 11) is 0.328. The van der Waals surface area contributed by atoms with Crippen LogP contribution in [0, 0.1) is 0 Å². The minimum atomic E-state index is -2.96. The molecular weight excluding hydrogens is 342 g/mol. The fraction of sp³-hybridized carbons (Fsp3) is 0.588. The number of nitrogens with zero attached hydrogens (tertiary/aromatic N) is 1. The lowest BCUT2D eigenvalue weighted by molar-refractivity contribution is 0.310. The molecule has 142 valence electrons. The van der Waals surface area contributed by atoms with Crippen molar-refractivity contribution in [1.29, 1.82) is 0 Å². The van der Waals surface area contributed by atoms with Crippen molar-refractivity contribution >= 4 is 15.8 Å². The highest BCUT2D eigenvalue weighted by Gasteiger charge is 2.10. The number of aliphatic imine (C=N–C) groups is 1. The lowest BCUT2D eigenvalue weighted by Gasteiger charge is -2.18. The van der Waals surface area contributed by atoms with E-state index >= 15 is 0 Å². The van der Waals surface area contributed by atoms with E-state index < -0.39 is 9.84 Å². The van der Waals surface area contributed by atoms with Crippen LogP contribution >= 0.6 is 0 Å². The average molecular weight is 372 g/mol. The number of methoxy groups -OCH3 is 1. The maximum absolute atomic E-state index is 11.2. The zero-order chi connectivity index (χ0) is 18.9. The predicted molar refractivity (Wildman–Crippen MR) is 101 cm³/mol. The van der Waals surface area contributed by atoms with Crippen LogP contribution in [0.5, 0.6) is 11.5 Å². The highest BCUT2D eigenvalue weighted by Crippen LogP contribution is 2.27. The van der Waals surface area contributed by atoms with Gasteiger partial charge in [0.05, 0.1) is 19.5 Å². The fourth-order valence-electron chi connectivity index (χ4n) is 2.17. The molecule has 25 heavy (non-hydrogen) atoms. The Morgan fingerprint density at radius 1 is 1.32 bits per heavy atom. The van der Waals surface area contributed by atoms with Gasteiger partial charge >= 0.3 is 0 Å². The molecule has 1 aromatic carbocycles. The zero-order valence-electron chi connectivity index (χ0n) is 15.6. The summed E-state index contributed by atoms with van der Waals surface area (Å²) in [5.41, 5.74) is 1.02. The van der Waals surface area contributed by atoms with E-state index in [1.807, 2.05) is 32.0 Å². The van der Waals surface area contributed by atoms with Crippen LogP contribution in [-0.4, -0.2) is 53.2 Å². The first kappa shape index (κ1) is 21.1. The molecule has 0 bridgehead atoms. The summed E-state index contributed by atoms with van der Waals surface area (Å²) in [6.45, 7) is 4.99. The van der Waals surface area contributed by atoms with E-state index in [1.165, 1.54) is 6.26 Å². The largest absolute Gasteiger partial charge is 0.493 e. The monoisotopic (exact) mass is 371 g/mol. The van der Waals surface area contributed by atoms with Crippen LogP contribution in [0.1, 0.15) is 25.8 Å². The molecule has 0 saturated carbocycles. The SMILES string of the molecule is CCOc1ccc(CNC(=NC)NC(C)CCS(C)(=O)=O)cc1OC. The van der Waals surface area contributed by atoms with Crippen molar-refractivity contribution < 1.29 is 17.9 Å². The highest BCUT2D eigenvalue weighted by molar-refractivity contribution is 7.90. The van der Waals surface area contributed by atoms with Crippen molar-refractivity contribution in [3.63, 3.8) is 0 Å². The van der Waals surface area contributed by atoms with Crippen molar-refractivity contribution in [3.05, 3.63) is 23.8 Å². The third-order valence-corrected chi connectivity index (χ3v) is 4.49. The van der Waals surface area contributed by atoms with E-state index in [4.69, 9.17) is 9.47 Å². The summed E-state index contributed by atoms with van der Waals surface area (Å²) in [4.78, 5) is 4.17. The average Bonchev–Trinajstić information content (AvgIpc) is 2.57. The topological polar surface area (TPSA) is 89.0 Å². The maximum atomic E-state index is 11.2. The first-order valence-electron chi connectivity index (χ1n) is 8.23. The minimum absolute atomic E-state index is 0.00390. The van der Waals surface area contributed by atoms with Crippen LogP contribution in [0.4, 0.5) is 0 Å². The van der Waals surface area contributed by atoms with Crippen LogP contribution < -0.4 is 20.1 Å².